The van der Waals surface area contributed by atoms with Gasteiger partial charge in [-0.1, -0.05) is 40.7 Å². The minimum absolute atomic E-state index is 0.182. The fraction of sp³-hybridized carbons (Fsp3) is 0.667. The topological polar surface area (TPSA) is 21.3 Å². The van der Waals surface area contributed by atoms with Crippen molar-refractivity contribution in [3.63, 3.8) is 0 Å². The molecular formula is C18H30FNO. The molecule has 0 bridgehead atoms. The van der Waals surface area contributed by atoms with Gasteiger partial charge in [0.1, 0.15) is 5.82 Å². The van der Waals surface area contributed by atoms with Crippen LogP contribution in [0.4, 0.5) is 4.39 Å². The Morgan fingerprint density at radius 1 is 1.24 bits per heavy atom. The predicted octanol–water partition coefficient (Wildman–Crippen LogP) is 4.52. The zero-order valence-corrected chi connectivity index (χ0v) is 14.1. The Kier molecular flexibility index (Phi) is 7.33. The average Bonchev–Trinajstić information content (AvgIpc) is 2.36. The first-order valence-electron chi connectivity index (χ1n) is 7.84. The van der Waals surface area contributed by atoms with Crippen molar-refractivity contribution in [1.29, 1.82) is 0 Å². The van der Waals surface area contributed by atoms with Gasteiger partial charge >= 0.3 is 0 Å². The van der Waals surface area contributed by atoms with E-state index >= 15 is 0 Å². The minimum atomic E-state index is -0.182. The van der Waals surface area contributed by atoms with E-state index in [0.29, 0.717) is 24.7 Å². The van der Waals surface area contributed by atoms with Crippen molar-refractivity contribution in [2.75, 3.05) is 13.2 Å². The van der Waals surface area contributed by atoms with E-state index in [1.807, 2.05) is 12.1 Å². The summed E-state index contributed by atoms with van der Waals surface area (Å²) in [7, 11) is 0. The molecule has 0 aromatic heterocycles. The van der Waals surface area contributed by atoms with Crippen molar-refractivity contribution in [1.82, 2.24) is 5.32 Å². The summed E-state index contributed by atoms with van der Waals surface area (Å²) in [4.78, 5) is 0. The fourth-order valence-corrected chi connectivity index (χ4v) is 1.91. The van der Waals surface area contributed by atoms with E-state index in [1.165, 1.54) is 6.07 Å². The molecule has 3 heteroatoms. The molecule has 0 aliphatic rings. The van der Waals surface area contributed by atoms with Crippen LogP contribution < -0.4 is 5.32 Å². The Hall–Kier alpha value is -0.930. The SMILES string of the molecule is CC(C)CNCc1ccc(F)c(COCCC(C)(C)C)c1. The van der Waals surface area contributed by atoms with Gasteiger partial charge in [-0.2, -0.15) is 0 Å². The predicted molar refractivity (Wildman–Crippen MR) is 86.7 cm³/mol. The molecule has 0 heterocycles. The van der Waals surface area contributed by atoms with E-state index in [9.17, 15) is 4.39 Å². The molecule has 1 rings (SSSR count). The number of rotatable bonds is 8. The highest BCUT2D eigenvalue weighted by molar-refractivity contribution is 5.24. The summed E-state index contributed by atoms with van der Waals surface area (Å²) in [5.74, 6) is 0.434. The molecule has 120 valence electrons. The molecule has 0 aliphatic heterocycles. The van der Waals surface area contributed by atoms with Crippen LogP contribution in [0.1, 0.15) is 52.2 Å². The van der Waals surface area contributed by atoms with Crippen molar-refractivity contribution in [3.05, 3.63) is 35.1 Å². The Balaban J connectivity index is 2.45. The first kappa shape index (κ1) is 18.1. The monoisotopic (exact) mass is 295 g/mol. The smallest absolute Gasteiger partial charge is 0.128 e. The van der Waals surface area contributed by atoms with Crippen LogP contribution in [0.25, 0.3) is 0 Å². The molecule has 0 unspecified atom stereocenters. The largest absolute Gasteiger partial charge is 0.377 e. The molecule has 0 fully saturated rings. The van der Waals surface area contributed by atoms with E-state index in [-0.39, 0.29) is 11.2 Å². The van der Waals surface area contributed by atoms with Crippen LogP contribution in [0.5, 0.6) is 0 Å². The molecule has 1 N–H and O–H groups in total. The summed E-state index contributed by atoms with van der Waals surface area (Å²) in [6, 6.07) is 5.27. The highest BCUT2D eigenvalue weighted by atomic mass is 19.1. The van der Waals surface area contributed by atoms with Gasteiger partial charge in [0.15, 0.2) is 0 Å². The Morgan fingerprint density at radius 2 is 1.95 bits per heavy atom. The first-order valence-corrected chi connectivity index (χ1v) is 7.84. The molecule has 0 amide bonds. The van der Waals surface area contributed by atoms with E-state index in [2.05, 4.69) is 39.9 Å². The minimum Gasteiger partial charge on any atom is -0.377 e. The van der Waals surface area contributed by atoms with Gasteiger partial charge in [-0.25, -0.2) is 4.39 Å². The zero-order valence-electron chi connectivity index (χ0n) is 14.1. The number of nitrogens with one attached hydrogen (secondary N) is 1. The number of ether oxygens (including phenoxy) is 1. The standard InChI is InChI=1S/C18H30FNO/c1-14(2)11-20-12-15-6-7-17(19)16(10-15)13-21-9-8-18(3,4)5/h6-7,10,14,20H,8-9,11-13H2,1-5H3. The van der Waals surface area contributed by atoms with E-state index in [1.54, 1.807) is 0 Å². The Labute approximate surface area is 129 Å². The summed E-state index contributed by atoms with van der Waals surface area (Å²) in [6.45, 7) is 13.6. The molecular weight excluding hydrogens is 265 g/mol. The lowest BCUT2D eigenvalue weighted by atomic mass is 9.93. The van der Waals surface area contributed by atoms with Gasteiger partial charge in [0.25, 0.3) is 0 Å². The highest BCUT2D eigenvalue weighted by Crippen LogP contribution is 2.19. The van der Waals surface area contributed by atoms with Crippen LogP contribution in [0.3, 0.4) is 0 Å². The second-order valence-electron chi connectivity index (χ2n) is 7.31. The molecule has 0 saturated carbocycles. The van der Waals surface area contributed by atoms with Crippen molar-refractivity contribution in [3.8, 4) is 0 Å². The summed E-state index contributed by atoms with van der Waals surface area (Å²) >= 11 is 0. The highest BCUT2D eigenvalue weighted by Gasteiger charge is 2.10. The maximum absolute atomic E-state index is 13.8. The third-order valence-corrected chi connectivity index (χ3v) is 3.25. The number of halogens is 1. The van der Waals surface area contributed by atoms with Crippen LogP contribution in [0.15, 0.2) is 18.2 Å². The molecule has 0 aliphatic carbocycles. The summed E-state index contributed by atoms with van der Waals surface area (Å²) < 4.78 is 19.4. The van der Waals surface area contributed by atoms with Crippen molar-refractivity contribution in [2.45, 2.75) is 54.2 Å². The molecule has 1 aromatic rings. The quantitative estimate of drug-likeness (QED) is 0.712. The van der Waals surface area contributed by atoms with Gasteiger partial charge in [0, 0.05) is 18.7 Å². The normalized spacial score (nSPS) is 12.1. The second-order valence-corrected chi connectivity index (χ2v) is 7.31. The number of hydrogen-bond acceptors (Lipinski definition) is 2. The van der Waals surface area contributed by atoms with Gasteiger partial charge in [-0.05, 0) is 42.0 Å². The van der Waals surface area contributed by atoms with Gasteiger partial charge in [0.05, 0.1) is 6.61 Å². The van der Waals surface area contributed by atoms with Gasteiger partial charge in [-0.3, -0.25) is 0 Å². The van der Waals surface area contributed by atoms with Crippen LogP contribution in [-0.2, 0) is 17.9 Å². The molecule has 0 spiro atoms. The molecule has 0 radical (unpaired) electrons. The van der Waals surface area contributed by atoms with Crippen molar-refractivity contribution in [2.24, 2.45) is 11.3 Å². The summed E-state index contributed by atoms with van der Waals surface area (Å²) in [5.41, 5.74) is 2.00. The molecule has 1 aromatic carbocycles. The first-order chi connectivity index (χ1) is 9.78. The number of benzene rings is 1. The molecule has 0 saturated heterocycles. The van der Waals surface area contributed by atoms with Crippen LogP contribution in [0.2, 0.25) is 0 Å². The van der Waals surface area contributed by atoms with E-state index < -0.39 is 0 Å². The Bertz CT molecular complexity index is 424. The number of hydrogen-bond donors (Lipinski definition) is 1. The molecule has 0 atom stereocenters. The maximum atomic E-state index is 13.8. The average molecular weight is 295 g/mol. The van der Waals surface area contributed by atoms with Crippen molar-refractivity contribution >= 4 is 0 Å². The van der Waals surface area contributed by atoms with Crippen LogP contribution >= 0.6 is 0 Å². The molecule has 2 nitrogen and oxygen atoms in total. The third-order valence-electron chi connectivity index (χ3n) is 3.25. The van der Waals surface area contributed by atoms with Gasteiger partial charge in [-0.15, -0.1) is 0 Å². The van der Waals surface area contributed by atoms with Gasteiger partial charge in [0.2, 0.25) is 0 Å². The lowest BCUT2D eigenvalue weighted by molar-refractivity contribution is 0.0943. The lowest BCUT2D eigenvalue weighted by Crippen LogP contribution is -2.19. The van der Waals surface area contributed by atoms with Crippen LogP contribution in [-0.4, -0.2) is 13.2 Å². The molecule has 21 heavy (non-hydrogen) atoms. The zero-order chi connectivity index (χ0) is 15.9. The summed E-state index contributed by atoms with van der Waals surface area (Å²) in [6.07, 6.45) is 0.976. The second kappa shape index (κ2) is 8.50. The van der Waals surface area contributed by atoms with Crippen LogP contribution in [0, 0.1) is 17.2 Å². The maximum Gasteiger partial charge on any atom is 0.128 e. The fourth-order valence-electron chi connectivity index (χ4n) is 1.91. The van der Waals surface area contributed by atoms with Crippen molar-refractivity contribution < 1.29 is 9.13 Å². The summed E-state index contributed by atoms with van der Waals surface area (Å²) in [5, 5.41) is 3.37. The van der Waals surface area contributed by atoms with Gasteiger partial charge < -0.3 is 10.1 Å². The van der Waals surface area contributed by atoms with E-state index in [4.69, 9.17) is 4.74 Å². The van der Waals surface area contributed by atoms with E-state index in [0.717, 1.165) is 25.1 Å². The lowest BCUT2D eigenvalue weighted by Gasteiger charge is -2.17. The third kappa shape index (κ3) is 8.18. The Morgan fingerprint density at radius 3 is 2.57 bits per heavy atom.